The highest BCUT2D eigenvalue weighted by atomic mass is 19.4. The molecule has 0 fully saturated rings. The monoisotopic (exact) mass is 265 g/mol. The Morgan fingerprint density at radius 2 is 1.82 bits per heavy atom. The van der Waals surface area contributed by atoms with Gasteiger partial charge in [-0.25, -0.2) is 0 Å². The third-order valence-electron chi connectivity index (χ3n) is 1.69. The lowest BCUT2D eigenvalue weighted by atomic mass is 10.0. The average molecular weight is 265 g/mol. The molecule has 0 radical (unpaired) electrons. The van der Waals surface area contributed by atoms with Crippen molar-refractivity contribution >= 4 is 0 Å². The second kappa shape index (κ2) is 4.82. The summed E-state index contributed by atoms with van der Waals surface area (Å²) in [6.07, 6.45) is -6.30. The first kappa shape index (κ1) is 15.6. The maximum atomic E-state index is 12.7. The maximum Gasteiger partial charge on any atom is 0.553 e. The Hall–Kier alpha value is -1.45. The van der Waals surface area contributed by atoms with Crippen molar-refractivity contribution in [3.63, 3.8) is 0 Å². The molecule has 0 aromatic heterocycles. The standard InChI is InChI=1S/C7H8F5NO4/c1-2-17-4-3-5(14,6(8,9)10)7(11,12)13(15)16/h3-4,14H,2H2,1H3. The first-order chi connectivity index (χ1) is 7.50. The van der Waals surface area contributed by atoms with Gasteiger partial charge in [0, 0.05) is 6.08 Å². The van der Waals surface area contributed by atoms with Crippen LogP contribution < -0.4 is 0 Å². The molecule has 0 heterocycles. The van der Waals surface area contributed by atoms with Crippen LogP contribution in [0.5, 0.6) is 0 Å². The Kier molecular flexibility index (Phi) is 4.41. The van der Waals surface area contributed by atoms with E-state index in [0.717, 1.165) is 0 Å². The third kappa shape index (κ3) is 2.81. The summed E-state index contributed by atoms with van der Waals surface area (Å²) in [6, 6.07) is -5.63. The molecule has 0 aliphatic heterocycles. The Labute approximate surface area is 91.6 Å². The lowest BCUT2D eigenvalue weighted by Gasteiger charge is -2.27. The summed E-state index contributed by atoms with van der Waals surface area (Å²) in [7, 11) is 0. The molecule has 0 aromatic rings. The van der Waals surface area contributed by atoms with Crippen molar-refractivity contribution in [1.82, 2.24) is 0 Å². The molecule has 1 N–H and O–H groups in total. The molecule has 100 valence electrons. The summed E-state index contributed by atoms with van der Waals surface area (Å²) >= 11 is 0. The van der Waals surface area contributed by atoms with Crippen LogP contribution >= 0.6 is 0 Å². The summed E-state index contributed by atoms with van der Waals surface area (Å²) in [4.78, 5) is 7.35. The van der Waals surface area contributed by atoms with Gasteiger partial charge in [0.2, 0.25) is 0 Å². The van der Waals surface area contributed by atoms with Crippen molar-refractivity contribution in [2.75, 3.05) is 6.61 Å². The number of hydrogen-bond donors (Lipinski definition) is 1. The lowest BCUT2D eigenvalue weighted by Crippen LogP contribution is -2.61. The Morgan fingerprint density at radius 3 is 2.12 bits per heavy atom. The molecule has 0 aromatic carbocycles. The Bertz CT molecular complexity index is 316. The van der Waals surface area contributed by atoms with Gasteiger partial charge < -0.3 is 9.84 Å². The van der Waals surface area contributed by atoms with Gasteiger partial charge in [0.1, 0.15) is 0 Å². The maximum absolute atomic E-state index is 12.7. The third-order valence-corrected chi connectivity index (χ3v) is 1.69. The molecule has 0 amide bonds. The van der Waals surface area contributed by atoms with Crippen LogP contribution in [-0.4, -0.2) is 34.5 Å². The normalized spacial score (nSPS) is 16.9. The minimum Gasteiger partial charge on any atom is -0.502 e. The topological polar surface area (TPSA) is 72.6 Å². The minimum atomic E-state index is -5.93. The molecule has 1 unspecified atom stereocenters. The number of nitrogens with zero attached hydrogens (tertiary/aromatic N) is 1. The summed E-state index contributed by atoms with van der Waals surface area (Å²) in [5.74, 6) is 0. The van der Waals surface area contributed by atoms with Crippen LogP contribution in [0.4, 0.5) is 22.0 Å². The minimum absolute atomic E-state index is 0.130. The summed E-state index contributed by atoms with van der Waals surface area (Å²) in [5, 5.41) is 18.7. The fraction of sp³-hybridized carbons (Fsp3) is 0.714. The van der Waals surface area contributed by atoms with Gasteiger partial charge in [-0.2, -0.15) is 13.2 Å². The first-order valence-electron chi connectivity index (χ1n) is 4.11. The van der Waals surface area contributed by atoms with E-state index in [9.17, 15) is 32.1 Å². The summed E-state index contributed by atoms with van der Waals surface area (Å²) in [6.45, 7) is 1.18. The van der Waals surface area contributed by atoms with E-state index in [1.807, 2.05) is 0 Å². The molecule has 0 saturated carbocycles. The van der Waals surface area contributed by atoms with Gasteiger partial charge in [0.05, 0.1) is 17.8 Å². The van der Waals surface area contributed by atoms with Gasteiger partial charge in [-0.05, 0) is 6.92 Å². The highest BCUT2D eigenvalue weighted by Gasteiger charge is 2.76. The van der Waals surface area contributed by atoms with Crippen LogP contribution in [0.25, 0.3) is 0 Å². The van der Waals surface area contributed by atoms with Crippen molar-refractivity contribution in [2.45, 2.75) is 24.7 Å². The highest BCUT2D eigenvalue weighted by molar-refractivity contribution is 5.08. The van der Waals surface area contributed by atoms with E-state index in [1.54, 1.807) is 0 Å². The van der Waals surface area contributed by atoms with Crippen LogP contribution in [0.15, 0.2) is 12.3 Å². The summed E-state index contributed by atoms with van der Waals surface area (Å²) < 4.78 is 66.4. The Morgan fingerprint density at radius 1 is 1.35 bits per heavy atom. The van der Waals surface area contributed by atoms with Gasteiger partial charge in [-0.15, -0.1) is 8.78 Å². The molecular formula is C7H8F5NO4. The number of ether oxygens (including phenoxy) is 1. The molecule has 0 spiro atoms. The van der Waals surface area contributed by atoms with Gasteiger partial charge in [0.25, 0.3) is 0 Å². The lowest BCUT2D eigenvalue weighted by molar-refractivity contribution is -0.676. The SMILES string of the molecule is CCOC=CC(O)(C(F)(F)F)C(F)(F)[N+](=O)[O-]. The molecule has 0 aliphatic rings. The largest absolute Gasteiger partial charge is 0.553 e. The number of rotatable bonds is 5. The van der Waals surface area contributed by atoms with Crippen LogP contribution in [0.2, 0.25) is 0 Å². The molecule has 17 heavy (non-hydrogen) atoms. The quantitative estimate of drug-likeness (QED) is 0.270. The van der Waals surface area contributed by atoms with Crippen molar-refractivity contribution in [3.8, 4) is 0 Å². The van der Waals surface area contributed by atoms with E-state index in [4.69, 9.17) is 5.11 Å². The van der Waals surface area contributed by atoms with E-state index in [1.165, 1.54) is 6.92 Å². The smallest absolute Gasteiger partial charge is 0.502 e. The average Bonchev–Trinajstić information content (AvgIpc) is 2.15. The zero-order valence-corrected chi connectivity index (χ0v) is 8.37. The molecule has 0 bridgehead atoms. The number of alkyl halides is 5. The molecule has 10 heteroatoms. The van der Waals surface area contributed by atoms with E-state index in [2.05, 4.69) is 4.74 Å². The van der Waals surface area contributed by atoms with E-state index < -0.39 is 28.8 Å². The van der Waals surface area contributed by atoms with E-state index in [-0.39, 0.29) is 12.9 Å². The predicted molar refractivity (Wildman–Crippen MR) is 43.7 cm³/mol. The molecule has 5 nitrogen and oxygen atoms in total. The van der Waals surface area contributed by atoms with Crippen LogP contribution in [-0.2, 0) is 4.74 Å². The predicted octanol–water partition coefficient (Wildman–Crippen LogP) is 1.70. The molecular weight excluding hydrogens is 257 g/mol. The second-order valence-electron chi connectivity index (χ2n) is 2.82. The van der Waals surface area contributed by atoms with E-state index in [0.29, 0.717) is 0 Å². The summed E-state index contributed by atoms with van der Waals surface area (Å²) in [5.41, 5.74) is -4.93. The highest BCUT2D eigenvalue weighted by Crippen LogP contribution is 2.43. The number of halogens is 5. The molecule has 0 aliphatic carbocycles. The van der Waals surface area contributed by atoms with Gasteiger partial charge in [-0.1, -0.05) is 0 Å². The number of hydrogen-bond acceptors (Lipinski definition) is 4. The van der Waals surface area contributed by atoms with Crippen LogP contribution in [0.1, 0.15) is 6.92 Å². The fourth-order valence-corrected chi connectivity index (χ4v) is 0.747. The molecule has 0 rings (SSSR count). The zero-order chi connectivity index (χ0) is 13.9. The zero-order valence-electron chi connectivity index (χ0n) is 8.37. The Balaban J connectivity index is 5.49. The van der Waals surface area contributed by atoms with Crippen molar-refractivity contribution in [2.24, 2.45) is 0 Å². The van der Waals surface area contributed by atoms with Gasteiger partial charge >= 0.3 is 17.8 Å². The molecule has 0 saturated heterocycles. The van der Waals surface area contributed by atoms with Crippen LogP contribution in [0.3, 0.4) is 0 Å². The van der Waals surface area contributed by atoms with E-state index >= 15 is 0 Å². The van der Waals surface area contributed by atoms with Crippen molar-refractivity contribution in [1.29, 1.82) is 0 Å². The fourth-order valence-electron chi connectivity index (χ4n) is 0.747. The van der Waals surface area contributed by atoms with Crippen molar-refractivity contribution in [3.05, 3.63) is 22.5 Å². The second-order valence-corrected chi connectivity index (χ2v) is 2.82. The van der Waals surface area contributed by atoms with Gasteiger partial charge in [-0.3, -0.25) is 10.1 Å². The first-order valence-corrected chi connectivity index (χ1v) is 4.11. The molecule has 1 atom stereocenters. The van der Waals surface area contributed by atoms with Gasteiger partial charge in [0.15, 0.2) is 0 Å². The number of nitro groups is 1. The van der Waals surface area contributed by atoms with Crippen LogP contribution in [0, 0.1) is 10.1 Å². The number of aliphatic hydroxyl groups is 1. The van der Waals surface area contributed by atoms with Crippen molar-refractivity contribution < 1.29 is 36.7 Å².